The fraction of sp³-hybridized carbons (Fsp3) is 0.235. The minimum absolute atomic E-state index is 0.0681. The minimum atomic E-state index is -0.666. The number of rotatable bonds is 5. The lowest BCUT2D eigenvalue weighted by atomic mass is 10.2. The van der Waals surface area contributed by atoms with Crippen LogP contribution in [-0.4, -0.2) is 43.0 Å². The van der Waals surface area contributed by atoms with E-state index in [9.17, 15) is 9.90 Å². The van der Waals surface area contributed by atoms with Gasteiger partial charge in [0.05, 0.1) is 11.7 Å². The Morgan fingerprint density at radius 2 is 2.15 bits per heavy atom. The Kier molecular flexibility index (Phi) is 4.63. The number of allylic oxidation sites excluding steroid dienone is 2. The van der Waals surface area contributed by atoms with E-state index in [0.29, 0.717) is 17.4 Å². The lowest BCUT2D eigenvalue weighted by molar-refractivity contribution is 0.0996. The number of aromatic nitrogens is 4. The van der Waals surface area contributed by atoms with Gasteiger partial charge in [-0.3, -0.25) is 14.8 Å². The monoisotopic (exact) mass is 369 g/mol. The Balaban J connectivity index is 2.16. The SMILES string of the molecule is CCN=C(C(O)=C(C)N)c1nc(-n2nc(C(N)=O)c3cc(C)ncc32)co1. The third kappa shape index (κ3) is 3.24. The number of fused-ring (bicyclic) bond motifs is 1. The molecule has 0 aliphatic rings. The van der Waals surface area contributed by atoms with Crippen LogP contribution in [0.5, 0.6) is 0 Å². The van der Waals surface area contributed by atoms with Gasteiger partial charge in [0.1, 0.15) is 6.26 Å². The van der Waals surface area contributed by atoms with Crippen molar-refractivity contribution in [1.82, 2.24) is 19.7 Å². The lowest BCUT2D eigenvalue weighted by Crippen LogP contribution is -2.13. The Morgan fingerprint density at radius 1 is 1.41 bits per heavy atom. The molecule has 3 aromatic rings. The van der Waals surface area contributed by atoms with Gasteiger partial charge in [0.15, 0.2) is 23.0 Å². The van der Waals surface area contributed by atoms with Gasteiger partial charge in [0, 0.05) is 23.3 Å². The number of amides is 1. The zero-order valence-electron chi connectivity index (χ0n) is 15.1. The van der Waals surface area contributed by atoms with Gasteiger partial charge in [-0.1, -0.05) is 0 Å². The maximum atomic E-state index is 11.7. The number of primary amides is 1. The third-order valence-corrected chi connectivity index (χ3v) is 3.76. The Hall–Kier alpha value is -3.69. The number of carbonyl (C=O) groups excluding carboxylic acids is 1. The first kappa shape index (κ1) is 18.1. The van der Waals surface area contributed by atoms with Crippen LogP contribution >= 0.6 is 0 Å². The average molecular weight is 369 g/mol. The number of nitrogens with two attached hydrogens (primary N) is 2. The Morgan fingerprint density at radius 3 is 2.78 bits per heavy atom. The van der Waals surface area contributed by atoms with Gasteiger partial charge < -0.3 is 21.0 Å². The number of pyridine rings is 1. The normalized spacial score (nSPS) is 13.1. The van der Waals surface area contributed by atoms with Gasteiger partial charge in [-0.2, -0.15) is 10.1 Å². The highest BCUT2D eigenvalue weighted by Crippen LogP contribution is 2.22. The van der Waals surface area contributed by atoms with E-state index < -0.39 is 5.91 Å². The maximum absolute atomic E-state index is 11.7. The topological polar surface area (TPSA) is 158 Å². The standard InChI is InChI=1S/C17H19N7O3/c1-4-20-14(15(25)9(3)18)17-22-12(7-27-17)24-11-6-21-8(2)5-10(11)13(23-24)16(19)26/h5-7,25H,4,18H2,1-3H3,(H2,19,26). The number of aliphatic imine (C=N–C) groups is 1. The number of hydrogen-bond acceptors (Lipinski definition) is 8. The van der Waals surface area contributed by atoms with E-state index >= 15 is 0 Å². The van der Waals surface area contributed by atoms with Crippen LogP contribution in [0.25, 0.3) is 16.7 Å². The number of aliphatic hydroxyl groups is 1. The van der Waals surface area contributed by atoms with Gasteiger partial charge in [-0.05, 0) is 26.8 Å². The number of nitrogens with zero attached hydrogens (tertiary/aromatic N) is 5. The van der Waals surface area contributed by atoms with Crippen molar-refractivity contribution in [2.45, 2.75) is 20.8 Å². The summed E-state index contributed by atoms with van der Waals surface area (Å²) >= 11 is 0. The van der Waals surface area contributed by atoms with Crippen molar-refractivity contribution in [1.29, 1.82) is 0 Å². The van der Waals surface area contributed by atoms with E-state index in [4.69, 9.17) is 15.9 Å². The summed E-state index contributed by atoms with van der Waals surface area (Å²) in [7, 11) is 0. The molecule has 0 aromatic carbocycles. The summed E-state index contributed by atoms with van der Waals surface area (Å²) in [4.78, 5) is 24.5. The Bertz CT molecular complexity index is 1090. The molecule has 0 atom stereocenters. The first-order valence-corrected chi connectivity index (χ1v) is 8.15. The number of hydrogen-bond donors (Lipinski definition) is 3. The molecule has 0 fully saturated rings. The van der Waals surface area contributed by atoms with Crippen LogP contribution in [0.3, 0.4) is 0 Å². The zero-order valence-corrected chi connectivity index (χ0v) is 15.1. The van der Waals surface area contributed by atoms with Crippen LogP contribution in [0.15, 0.2) is 39.4 Å². The van der Waals surface area contributed by atoms with E-state index in [0.717, 1.165) is 5.69 Å². The van der Waals surface area contributed by atoms with Crippen molar-refractivity contribution in [2.75, 3.05) is 6.54 Å². The summed E-state index contributed by atoms with van der Waals surface area (Å²) in [5.41, 5.74) is 12.8. The van der Waals surface area contributed by atoms with E-state index in [1.165, 1.54) is 10.9 Å². The van der Waals surface area contributed by atoms with Crippen molar-refractivity contribution >= 4 is 22.5 Å². The fourth-order valence-corrected chi connectivity index (χ4v) is 2.54. The van der Waals surface area contributed by atoms with Crippen LogP contribution in [0.4, 0.5) is 0 Å². The highest BCUT2D eigenvalue weighted by atomic mass is 16.3. The summed E-state index contributed by atoms with van der Waals surface area (Å²) in [6.45, 7) is 5.53. The van der Waals surface area contributed by atoms with Crippen LogP contribution in [0.2, 0.25) is 0 Å². The van der Waals surface area contributed by atoms with Gasteiger partial charge in [0.2, 0.25) is 0 Å². The molecule has 0 spiro atoms. The fourth-order valence-electron chi connectivity index (χ4n) is 2.54. The van der Waals surface area contributed by atoms with Crippen LogP contribution in [0.1, 0.15) is 35.9 Å². The average Bonchev–Trinajstić information content (AvgIpc) is 3.23. The first-order chi connectivity index (χ1) is 12.8. The van der Waals surface area contributed by atoms with Crippen molar-refractivity contribution in [2.24, 2.45) is 16.5 Å². The molecule has 0 aliphatic heterocycles. The molecule has 0 saturated carbocycles. The van der Waals surface area contributed by atoms with Gasteiger partial charge >= 0.3 is 0 Å². The van der Waals surface area contributed by atoms with Crippen LogP contribution in [-0.2, 0) is 0 Å². The largest absolute Gasteiger partial charge is 0.504 e. The molecule has 3 heterocycles. The van der Waals surface area contributed by atoms with E-state index in [1.807, 2.05) is 0 Å². The van der Waals surface area contributed by atoms with Gasteiger partial charge in [-0.15, -0.1) is 0 Å². The number of aliphatic hydroxyl groups excluding tert-OH is 1. The van der Waals surface area contributed by atoms with E-state index in [1.54, 1.807) is 33.0 Å². The number of carbonyl (C=O) groups is 1. The molecular weight excluding hydrogens is 350 g/mol. The summed E-state index contributed by atoms with van der Waals surface area (Å²) in [6, 6.07) is 1.72. The molecule has 10 nitrogen and oxygen atoms in total. The summed E-state index contributed by atoms with van der Waals surface area (Å²) in [6.07, 6.45) is 2.90. The molecule has 3 aromatic heterocycles. The van der Waals surface area contributed by atoms with E-state index in [2.05, 4.69) is 20.1 Å². The van der Waals surface area contributed by atoms with Crippen molar-refractivity contribution < 1.29 is 14.3 Å². The van der Waals surface area contributed by atoms with Gasteiger partial charge in [-0.25, -0.2) is 4.68 Å². The lowest BCUT2D eigenvalue weighted by Gasteiger charge is -2.03. The van der Waals surface area contributed by atoms with Crippen LogP contribution in [0, 0.1) is 6.92 Å². The second kappa shape index (κ2) is 6.90. The Labute approximate surface area is 154 Å². The highest BCUT2D eigenvalue weighted by Gasteiger charge is 2.21. The van der Waals surface area contributed by atoms with Crippen LogP contribution < -0.4 is 11.5 Å². The van der Waals surface area contributed by atoms with E-state index in [-0.39, 0.29) is 34.6 Å². The summed E-state index contributed by atoms with van der Waals surface area (Å²) in [5.74, 6) is -0.538. The molecule has 5 N–H and O–H groups in total. The van der Waals surface area contributed by atoms with Crippen molar-refractivity contribution in [3.63, 3.8) is 0 Å². The smallest absolute Gasteiger partial charge is 0.269 e. The molecule has 140 valence electrons. The van der Waals surface area contributed by atoms with Crippen molar-refractivity contribution in [3.05, 3.63) is 47.3 Å². The molecule has 0 bridgehead atoms. The van der Waals surface area contributed by atoms with Gasteiger partial charge in [0.25, 0.3) is 11.8 Å². The first-order valence-electron chi connectivity index (χ1n) is 8.15. The molecule has 0 saturated heterocycles. The quantitative estimate of drug-likeness (QED) is 0.452. The summed E-state index contributed by atoms with van der Waals surface area (Å²) in [5, 5.41) is 15.0. The number of aryl methyl sites for hydroxylation is 1. The molecule has 10 heteroatoms. The highest BCUT2D eigenvalue weighted by molar-refractivity contribution is 6.08. The molecular formula is C17H19N7O3. The minimum Gasteiger partial charge on any atom is -0.504 e. The molecule has 1 amide bonds. The summed E-state index contributed by atoms with van der Waals surface area (Å²) < 4.78 is 6.86. The van der Waals surface area contributed by atoms with Crippen molar-refractivity contribution in [3.8, 4) is 5.82 Å². The maximum Gasteiger partial charge on any atom is 0.269 e. The molecule has 0 radical (unpaired) electrons. The molecule has 0 unspecified atom stereocenters. The molecule has 27 heavy (non-hydrogen) atoms. The zero-order chi connectivity index (χ0) is 19.7. The molecule has 3 rings (SSSR count). The second-order valence-corrected chi connectivity index (χ2v) is 5.83. The molecule has 0 aliphatic carbocycles. The second-order valence-electron chi connectivity index (χ2n) is 5.83. The predicted octanol–water partition coefficient (Wildman–Crippen LogP) is 1.37. The third-order valence-electron chi connectivity index (χ3n) is 3.76. The number of oxazole rings is 1. The predicted molar refractivity (Wildman–Crippen MR) is 98.8 cm³/mol.